The topological polar surface area (TPSA) is 51.6 Å². The number of fused-ring (bicyclic) bond motifs is 6. The molecule has 5 heteroatoms. The van der Waals surface area contributed by atoms with E-state index in [9.17, 15) is 0 Å². The Balaban J connectivity index is 1.22. The fourth-order valence-corrected chi connectivity index (χ4v) is 8.02. The van der Waals surface area contributed by atoms with Gasteiger partial charge < -0.3 is 0 Å². The lowest BCUT2D eigenvalue weighted by Gasteiger charge is -2.12. The van der Waals surface area contributed by atoms with Gasteiger partial charge >= 0.3 is 0 Å². The molecule has 3 aromatic heterocycles. The monoisotopic (exact) mass is 642 g/mol. The van der Waals surface area contributed by atoms with Crippen molar-refractivity contribution < 1.29 is 0 Å². The summed E-state index contributed by atoms with van der Waals surface area (Å²) in [4.78, 5) is 20.6. The van der Waals surface area contributed by atoms with Crippen LogP contribution in [0.25, 0.3) is 98.0 Å². The summed E-state index contributed by atoms with van der Waals surface area (Å²) in [6.45, 7) is 0. The summed E-state index contributed by atoms with van der Waals surface area (Å²) in [7, 11) is 0. The molecule has 0 aliphatic carbocycles. The predicted molar refractivity (Wildman–Crippen MR) is 205 cm³/mol. The molecule has 0 spiro atoms. The summed E-state index contributed by atoms with van der Waals surface area (Å²) in [6, 6.07) is 55.1. The predicted octanol–water partition coefficient (Wildman–Crippen LogP) is 11.8. The maximum atomic E-state index is 5.26. The van der Waals surface area contributed by atoms with Crippen LogP contribution >= 0.6 is 11.3 Å². The number of para-hydroxylation sites is 1. The van der Waals surface area contributed by atoms with Gasteiger partial charge in [-0.25, -0.2) is 19.9 Å². The van der Waals surface area contributed by atoms with Crippen molar-refractivity contribution in [2.24, 2.45) is 0 Å². The van der Waals surface area contributed by atoms with Crippen LogP contribution in [0.4, 0.5) is 0 Å². The van der Waals surface area contributed by atoms with Crippen LogP contribution in [0.2, 0.25) is 0 Å². The largest absolute Gasteiger partial charge is 0.248 e. The molecule has 0 unspecified atom stereocenters. The van der Waals surface area contributed by atoms with Crippen molar-refractivity contribution in [2.75, 3.05) is 0 Å². The second-order valence-electron chi connectivity index (χ2n) is 12.3. The Hall–Kier alpha value is -6.30. The third-order valence-electron chi connectivity index (χ3n) is 9.30. The molecule has 0 N–H and O–H groups in total. The Labute approximate surface area is 286 Å². The summed E-state index contributed by atoms with van der Waals surface area (Å²) in [5.74, 6) is 1.94. The molecular weight excluding hydrogens is 617 g/mol. The fourth-order valence-electron chi connectivity index (χ4n) is 6.89. The minimum Gasteiger partial charge on any atom is -0.248 e. The first kappa shape index (κ1) is 27.8. The highest BCUT2D eigenvalue weighted by Gasteiger charge is 2.18. The van der Waals surface area contributed by atoms with Crippen LogP contribution in [0, 0.1) is 0 Å². The van der Waals surface area contributed by atoms with Gasteiger partial charge in [-0.1, -0.05) is 121 Å². The van der Waals surface area contributed by atoms with E-state index >= 15 is 0 Å². The van der Waals surface area contributed by atoms with E-state index in [4.69, 9.17) is 19.9 Å². The third-order valence-corrected chi connectivity index (χ3v) is 10.4. The van der Waals surface area contributed by atoms with E-state index in [1.165, 1.54) is 25.6 Å². The van der Waals surface area contributed by atoms with Gasteiger partial charge in [0.25, 0.3) is 0 Å². The Kier molecular flexibility index (Phi) is 6.32. The molecule has 10 rings (SSSR count). The van der Waals surface area contributed by atoms with Crippen LogP contribution < -0.4 is 0 Å². The lowest BCUT2D eigenvalue weighted by Crippen LogP contribution is -2.01. The van der Waals surface area contributed by atoms with Crippen molar-refractivity contribution in [2.45, 2.75) is 0 Å². The Morgan fingerprint density at radius 3 is 1.96 bits per heavy atom. The van der Waals surface area contributed by atoms with E-state index < -0.39 is 0 Å². The maximum absolute atomic E-state index is 5.26. The van der Waals surface area contributed by atoms with Gasteiger partial charge in [0, 0.05) is 47.8 Å². The molecule has 3 heterocycles. The minimum absolute atomic E-state index is 0.638. The van der Waals surface area contributed by atoms with Gasteiger partial charge in [0.2, 0.25) is 0 Å². The van der Waals surface area contributed by atoms with Crippen LogP contribution in [-0.2, 0) is 0 Å². The van der Waals surface area contributed by atoms with Crippen LogP contribution in [0.3, 0.4) is 0 Å². The lowest BCUT2D eigenvalue weighted by atomic mass is 9.99. The first-order chi connectivity index (χ1) is 24.2. The lowest BCUT2D eigenvalue weighted by molar-refractivity contribution is 1.08. The molecule has 228 valence electrons. The Bertz CT molecular complexity index is 2910. The van der Waals surface area contributed by atoms with E-state index in [0.717, 1.165) is 55.0 Å². The molecule has 0 fully saturated rings. The van der Waals surface area contributed by atoms with Crippen LogP contribution in [-0.4, -0.2) is 19.9 Å². The summed E-state index contributed by atoms with van der Waals surface area (Å²) < 4.78 is 2.46. The number of thiophene rings is 1. The zero-order chi connectivity index (χ0) is 32.3. The Morgan fingerprint density at radius 2 is 1.02 bits per heavy atom. The molecule has 0 aliphatic rings. The van der Waals surface area contributed by atoms with Gasteiger partial charge in [0.05, 0.1) is 11.2 Å². The number of rotatable bonds is 4. The molecule has 4 nitrogen and oxygen atoms in total. The smallest absolute Gasteiger partial charge is 0.164 e. The molecule has 0 saturated carbocycles. The fraction of sp³-hybridized carbons (Fsp3) is 0. The van der Waals surface area contributed by atoms with Gasteiger partial charge in [-0.2, -0.15) is 0 Å². The highest BCUT2D eigenvalue weighted by atomic mass is 32.1. The molecular formula is C44H26N4S. The van der Waals surface area contributed by atoms with Gasteiger partial charge in [-0.3, -0.25) is 0 Å². The average molecular weight is 643 g/mol. The molecule has 0 atom stereocenters. The van der Waals surface area contributed by atoms with Crippen molar-refractivity contribution in [1.29, 1.82) is 0 Å². The van der Waals surface area contributed by atoms with E-state index in [-0.39, 0.29) is 0 Å². The molecule has 0 amide bonds. The quantitative estimate of drug-likeness (QED) is 0.192. The van der Waals surface area contributed by atoms with E-state index in [1.54, 1.807) is 11.3 Å². The zero-order valence-electron chi connectivity index (χ0n) is 26.2. The normalized spacial score (nSPS) is 11.7. The Morgan fingerprint density at radius 1 is 0.367 bits per heavy atom. The molecule has 0 saturated heterocycles. The molecule has 7 aromatic carbocycles. The molecule has 49 heavy (non-hydrogen) atoms. The highest BCUT2D eigenvalue weighted by molar-refractivity contribution is 7.25. The number of aromatic nitrogens is 4. The summed E-state index contributed by atoms with van der Waals surface area (Å²) in [6.07, 6.45) is 0. The first-order valence-electron chi connectivity index (χ1n) is 16.3. The van der Waals surface area contributed by atoms with E-state index in [1.807, 2.05) is 12.1 Å². The van der Waals surface area contributed by atoms with Crippen LogP contribution in [0.5, 0.6) is 0 Å². The highest BCUT2D eigenvalue weighted by Crippen LogP contribution is 2.40. The van der Waals surface area contributed by atoms with Crippen molar-refractivity contribution in [3.63, 3.8) is 0 Å². The standard InChI is InChI=1S/C44H26N4S/c1-2-11-30-25-32(22-19-27(30)9-1)42-46-43(48-44(47-42)35-15-8-18-40-41(35)34-13-4-6-17-39(34)49-40)33-14-7-12-28-20-21-31(26-36(28)33)38-24-23-29-10-3-5-16-37(29)45-38/h1-26H. The maximum Gasteiger partial charge on any atom is 0.164 e. The molecule has 10 aromatic rings. The summed E-state index contributed by atoms with van der Waals surface area (Å²) >= 11 is 1.80. The second-order valence-corrected chi connectivity index (χ2v) is 13.4. The van der Waals surface area contributed by atoms with Gasteiger partial charge in [0.15, 0.2) is 17.5 Å². The SMILES string of the molecule is c1ccc2cc(-c3nc(-c4cccc5ccc(-c6ccc7ccccc7n6)cc45)nc(-c4cccc5sc6ccccc6c45)n3)ccc2c1. The van der Waals surface area contributed by atoms with E-state index in [0.29, 0.717) is 17.5 Å². The van der Waals surface area contributed by atoms with Gasteiger partial charge in [0.1, 0.15) is 0 Å². The van der Waals surface area contributed by atoms with Crippen LogP contribution in [0.1, 0.15) is 0 Å². The van der Waals surface area contributed by atoms with Crippen molar-refractivity contribution in [3.8, 4) is 45.4 Å². The zero-order valence-corrected chi connectivity index (χ0v) is 27.0. The molecule has 0 aliphatic heterocycles. The number of nitrogens with zero attached hydrogens (tertiary/aromatic N) is 4. The summed E-state index contributed by atoms with van der Waals surface area (Å²) in [5, 5.41) is 8.02. The van der Waals surface area contributed by atoms with Crippen molar-refractivity contribution in [1.82, 2.24) is 19.9 Å². The third kappa shape index (κ3) is 4.74. The second kappa shape index (κ2) is 11.2. The van der Waals surface area contributed by atoms with Crippen LogP contribution in [0.15, 0.2) is 158 Å². The summed E-state index contributed by atoms with van der Waals surface area (Å²) in [5.41, 5.74) is 5.86. The number of hydrogen-bond donors (Lipinski definition) is 0. The first-order valence-corrected chi connectivity index (χ1v) is 17.1. The molecule has 0 radical (unpaired) electrons. The molecule has 0 bridgehead atoms. The number of hydrogen-bond acceptors (Lipinski definition) is 5. The number of benzene rings is 7. The van der Waals surface area contributed by atoms with Crippen molar-refractivity contribution in [3.05, 3.63) is 158 Å². The van der Waals surface area contributed by atoms with Gasteiger partial charge in [-0.15, -0.1) is 11.3 Å². The average Bonchev–Trinajstić information content (AvgIpc) is 3.56. The number of pyridine rings is 1. The van der Waals surface area contributed by atoms with Crippen molar-refractivity contribution >= 4 is 64.0 Å². The van der Waals surface area contributed by atoms with E-state index in [2.05, 4.69) is 146 Å². The van der Waals surface area contributed by atoms with Gasteiger partial charge in [-0.05, 0) is 57.9 Å². The minimum atomic E-state index is 0.638.